The number of nitrogens with zero attached hydrogens (tertiary/aromatic N) is 2. The van der Waals surface area contributed by atoms with Gasteiger partial charge in [0.2, 0.25) is 0 Å². The lowest BCUT2D eigenvalue weighted by atomic mass is 10.0. The molecule has 0 unspecified atom stereocenters. The van der Waals surface area contributed by atoms with E-state index in [1.54, 1.807) is 6.20 Å². The van der Waals surface area contributed by atoms with Crippen molar-refractivity contribution in [2.24, 2.45) is 0 Å². The van der Waals surface area contributed by atoms with Crippen LogP contribution in [0.15, 0.2) is 91.5 Å². The number of H-pyrrole nitrogens is 1. The van der Waals surface area contributed by atoms with Crippen molar-refractivity contribution in [3.63, 3.8) is 0 Å². The minimum absolute atomic E-state index is 0.136. The summed E-state index contributed by atoms with van der Waals surface area (Å²) in [7, 11) is 0. The molecule has 7 nitrogen and oxygen atoms in total. The van der Waals surface area contributed by atoms with E-state index in [0.29, 0.717) is 18.5 Å². The molecule has 0 spiro atoms. The van der Waals surface area contributed by atoms with Crippen LogP contribution < -0.4 is 5.32 Å². The van der Waals surface area contributed by atoms with Crippen LogP contribution in [-0.4, -0.2) is 27.6 Å². The Morgan fingerprint density at radius 2 is 1.82 bits per heavy atom. The zero-order chi connectivity index (χ0) is 22.5. The topological polar surface area (TPSA) is 89.1 Å². The molecule has 0 bridgehead atoms. The summed E-state index contributed by atoms with van der Waals surface area (Å²) in [4.78, 5) is 17.2. The summed E-state index contributed by atoms with van der Waals surface area (Å²) in [6.07, 6.45) is 5.04. The molecular weight excluding hydrogens is 416 g/mol. The summed E-state index contributed by atoms with van der Waals surface area (Å²) < 4.78 is 10.9. The molecule has 0 atom stereocenters. The Morgan fingerprint density at radius 1 is 0.970 bits per heavy atom. The van der Waals surface area contributed by atoms with Crippen LogP contribution in [0.25, 0.3) is 22.5 Å². The number of pyridine rings is 1. The fraction of sp³-hybridized carbons (Fsp3) is 0.115. The third-order valence-corrected chi connectivity index (χ3v) is 5.35. The van der Waals surface area contributed by atoms with Gasteiger partial charge in [-0.05, 0) is 30.3 Å². The number of hydrogen-bond acceptors (Lipinski definition) is 5. The standard InChI is InChI=1S/C26H22N4O3/c31-25(28-13-11-20-8-3-4-12-27-20)22-10-2-1-9-21(22)24-17-23(29-30-24)18-6-5-7-19(16-18)26-32-14-15-33-26/h1-10,12,14-17,26H,11,13H2,(H,28,31)(H,29,30). The normalized spacial score (nSPS) is 12.8. The summed E-state index contributed by atoms with van der Waals surface area (Å²) in [6.45, 7) is 0.505. The highest BCUT2D eigenvalue weighted by molar-refractivity contribution is 6.00. The Hall–Kier alpha value is -4.39. The van der Waals surface area contributed by atoms with Crippen LogP contribution >= 0.6 is 0 Å². The lowest BCUT2D eigenvalue weighted by molar-refractivity contribution is -0.0245. The summed E-state index contributed by atoms with van der Waals surface area (Å²) in [5.74, 6) is -0.136. The number of amides is 1. The molecule has 2 aromatic carbocycles. The molecule has 4 aromatic rings. The van der Waals surface area contributed by atoms with Crippen LogP contribution in [0.4, 0.5) is 0 Å². The average molecular weight is 438 g/mol. The number of rotatable bonds is 7. The van der Waals surface area contributed by atoms with Gasteiger partial charge >= 0.3 is 0 Å². The second kappa shape index (κ2) is 9.40. The maximum Gasteiger partial charge on any atom is 0.266 e. The molecule has 7 heteroatoms. The summed E-state index contributed by atoms with van der Waals surface area (Å²) in [5.41, 5.74) is 5.66. The third kappa shape index (κ3) is 4.62. The number of benzene rings is 2. The van der Waals surface area contributed by atoms with Crippen molar-refractivity contribution in [2.75, 3.05) is 6.54 Å². The fourth-order valence-corrected chi connectivity index (χ4v) is 3.71. The summed E-state index contributed by atoms with van der Waals surface area (Å²) >= 11 is 0. The van der Waals surface area contributed by atoms with Crippen molar-refractivity contribution in [3.8, 4) is 22.5 Å². The highest BCUT2D eigenvalue weighted by Crippen LogP contribution is 2.30. The minimum atomic E-state index is -0.445. The number of ether oxygens (including phenoxy) is 2. The number of carbonyl (C=O) groups is 1. The van der Waals surface area contributed by atoms with E-state index >= 15 is 0 Å². The first-order valence-electron chi connectivity index (χ1n) is 10.7. The van der Waals surface area contributed by atoms with Gasteiger partial charge in [-0.2, -0.15) is 5.10 Å². The minimum Gasteiger partial charge on any atom is -0.455 e. The van der Waals surface area contributed by atoms with Gasteiger partial charge in [0, 0.05) is 47.1 Å². The van der Waals surface area contributed by atoms with Crippen LogP contribution in [0.2, 0.25) is 0 Å². The molecule has 1 aliphatic rings. The van der Waals surface area contributed by atoms with Crippen LogP contribution in [0, 0.1) is 0 Å². The third-order valence-electron chi connectivity index (χ3n) is 5.35. The lowest BCUT2D eigenvalue weighted by Crippen LogP contribution is -2.26. The molecule has 0 aliphatic carbocycles. The molecule has 2 aromatic heterocycles. The predicted octanol–water partition coefficient (Wildman–Crippen LogP) is 4.63. The molecule has 0 saturated carbocycles. The smallest absolute Gasteiger partial charge is 0.266 e. The van der Waals surface area contributed by atoms with Crippen molar-refractivity contribution in [3.05, 3.63) is 108 Å². The van der Waals surface area contributed by atoms with Gasteiger partial charge in [-0.3, -0.25) is 14.9 Å². The molecule has 0 radical (unpaired) electrons. The molecule has 33 heavy (non-hydrogen) atoms. The van der Waals surface area contributed by atoms with Crippen LogP contribution in [0.5, 0.6) is 0 Å². The molecule has 1 aliphatic heterocycles. The number of aromatic nitrogens is 3. The van der Waals surface area contributed by atoms with E-state index in [9.17, 15) is 4.79 Å². The van der Waals surface area contributed by atoms with Crippen LogP contribution in [-0.2, 0) is 15.9 Å². The molecule has 0 saturated heterocycles. The fourth-order valence-electron chi connectivity index (χ4n) is 3.71. The van der Waals surface area contributed by atoms with Crippen molar-refractivity contribution in [1.82, 2.24) is 20.5 Å². The van der Waals surface area contributed by atoms with E-state index in [-0.39, 0.29) is 5.91 Å². The second-order valence-electron chi connectivity index (χ2n) is 7.54. The molecule has 5 rings (SSSR count). The highest BCUT2D eigenvalue weighted by Gasteiger charge is 2.18. The van der Waals surface area contributed by atoms with Crippen molar-refractivity contribution in [1.29, 1.82) is 0 Å². The van der Waals surface area contributed by atoms with E-state index in [1.165, 1.54) is 12.5 Å². The van der Waals surface area contributed by atoms with Gasteiger partial charge in [0.25, 0.3) is 12.2 Å². The van der Waals surface area contributed by atoms with Gasteiger partial charge in [0.05, 0.1) is 11.4 Å². The van der Waals surface area contributed by atoms with Crippen molar-refractivity contribution >= 4 is 5.91 Å². The van der Waals surface area contributed by atoms with Crippen molar-refractivity contribution in [2.45, 2.75) is 12.7 Å². The Morgan fingerprint density at radius 3 is 2.67 bits per heavy atom. The van der Waals surface area contributed by atoms with E-state index in [1.807, 2.05) is 72.8 Å². The van der Waals surface area contributed by atoms with Crippen molar-refractivity contribution < 1.29 is 14.3 Å². The first-order chi connectivity index (χ1) is 16.3. The average Bonchev–Trinajstić information content (AvgIpc) is 3.58. The molecule has 0 fully saturated rings. The summed E-state index contributed by atoms with van der Waals surface area (Å²) in [6, 6.07) is 23.0. The van der Waals surface area contributed by atoms with E-state index in [0.717, 1.165) is 33.8 Å². The number of carbonyl (C=O) groups excluding carboxylic acids is 1. The lowest BCUT2D eigenvalue weighted by Gasteiger charge is -2.11. The number of hydrogen-bond donors (Lipinski definition) is 2. The first-order valence-corrected chi connectivity index (χ1v) is 10.7. The Kier molecular flexibility index (Phi) is 5.84. The van der Waals surface area contributed by atoms with E-state index < -0.39 is 6.29 Å². The zero-order valence-corrected chi connectivity index (χ0v) is 17.8. The Bertz CT molecular complexity index is 1280. The molecule has 164 valence electrons. The summed E-state index contributed by atoms with van der Waals surface area (Å²) in [5, 5.41) is 10.5. The monoisotopic (exact) mass is 438 g/mol. The van der Waals surface area contributed by atoms with Gasteiger partial charge in [-0.1, -0.05) is 42.5 Å². The van der Waals surface area contributed by atoms with Gasteiger partial charge in [-0.25, -0.2) is 0 Å². The first kappa shape index (κ1) is 20.5. The van der Waals surface area contributed by atoms with Gasteiger partial charge in [0.1, 0.15) is 12.5 Å². The Labute approximate surface area is 191 Å². The number of nitrogens with one attached hydrogen (secondary N) is 2. The van der Waals surface area contributed by atoms with E-state index in [2.05, 4.69) is 20.5 Å². The van der Waals surface area contributed by atoms with Crippen LogP contribution in [0.1, 0.15) is 27.9 Å². The van der Waals surface area contributed by atoms with Gasteiger partial charge in [-0.15, -0.1) is 0 Å². The highest BCUT2D eigenvalue weighted by atomic mass is 16.7. The zero-order valence-electron chi connectivity index (χ0n) is 17.8. The SMILES string of the molecule is O=C(NCCc1ccccn1)c1ccccc1-c1cc(-c2cccc(C3OC=CO3)c2)n[nH]1. The van der Waals surface area contributed by atoms with E-state index in [4.69, 9.17) is 9.47 Å². The molecule has 3 heterocycles. The maximum absolute atomic E-state index is 12.9. The van der Waals surface area contributed by atoms with Gasteiger partial charge < -0.3 is 14.8 Å². The predicted molar refractivity (Wildman–Crippen MR) is 124 cm³/mol. The quantitative estimate of drug-likeness (QED) is 0.439. The van der Waals surface area contributed by atoms with Crippen LogP contribution in [0.3, 0.4) is 0 Å². The maximum atomic E-state index is 12.9. The molecule has 1 amide bonds. The molecule has 2 N–H and O–H groups in total. The number of aromatic amines is 1. The molecular formula is C26H22N4O3. The van der Waals surface area contributed by atoms with Gasteiger partial charge in [0.15, 0.2) is 0 Å². The second-order valence-corrected chi connectivity index (χ2v) is 7.54. The largest absolute Gasteiger partial charge is 0.455 e. The Balaban J connectivity index is 1.33.